The second-order valence-electron chi connectivity index (χ2n) is 7.25. The fourth-order valence-corrected chi connectivity index (χ4v) is 3.65. The van der Waals surface area contributed by atoms with Gasteiger partial charge in [-0.1, -0.05) is 6.92 Å². The van der Waals surface area contributed by atoms with Crippen LogP contribution in [0, 0.1) is 19.8 Å². The third-order valence-electron chi connectivity index (χ3n) is 5.20. The van der Waals surface area contributed by atoms with Crippen molar-refractivity contribution in [2.24, 2.45) is 5.92 Å². The summed E-state index contributed by atoms with van der Waals surface area (Å²) in [7, 11) is 0. The zero-order valence-electron chi connectivity index (χ0n) is 15.0. The van der Waals surface area contributed by atoms with Crippen LogP contribution in [0.3, 0.4) is 0 Å². The SMILES string of the molecule is Cc1cc2ncnn2cc1Nc1ncc2c(C)nn([C@H]3C[C@H](C)C3)c2n1. The van der Waals surface area contributed by atoms with Crippen molar-refractivity contribution in [2.45, 2.75) is 39.7 Å². The molecule has 5 rings (SSSR count). The third-order valence-corrected chi connectivity index (χ3v) is 5.20. The summed E-state index contributed by atoms with van der Waals surface area (Å²) in [6.45, 7) is 6.32. The fourth-order valence-electron chi connectivity index (χ4n) is 3.65. The molecule has 0 spiro atoms. The van der Waals surface area contributed by atoms with Crippen molar-refractivity contribution >= 4 is 28.3 Å². The lowest BCUT2D eigenvalue weighted by molar-refractivity contribution is 0.204. The zero-order valence-corrected chi connectivity index (χ0v) is 15.0. The van der Waals surface area contributed by atoms with Gasteiger partial charge in [0.05, 0.1) is 29.0 Å². The summed E-state index contributed by atoms with van der Waals surface area (Å²) in [6.07, 6.45) is 7.62. The smallest absolute Gasteiger partial charge is 0.229 e. The fraction of sp³-hybridized carbons (Fsp3) is 0.389. The summed E-state index contributed by atoms with van der Waals surface area (Å²) in [4.78, 5) is 13.4. The summed E-state index contributed by atoms with van der Waals surface area (Å²) in [5.74, 6) is 1.32. The van der Waals surface area contributed by atoms with E-state index >= 15 is 0 Å². The van der Waals surface area contributed by atoms with Gasteiger partial charge in [0.2, 0.25) is 5.95 Å². The van der Waals surface area contributed by atoms with Crippen LogP contribution >= 0.6 is 0 Å². The molecule has 1 aliphatic rings. The van der Waals surface area contributed by atoms with Gasteiger partial charge in [0.25, 0.3) is 0 Å². The van der Waals surface area contributed by atoms with Gasteiger partial charge in [-0.15, -0.1) is 0 Å². The second-order valence-corrected chi connectivity index (χ2v) is 7.25. The quantitative estimate of drug-likeness (QED) is 0.612. The van der Waals surface area contributed by atoms with Crippen LogP contribution in [0.4, 0.5) is 11.6 Å². The molecule has 8 heteroatoms. The van der Waals surface area contributed by atoms with E-state index in [9.17, 15) is 0 Å². The minimum absolute atomic E-state index is 0.442. The summed E-state index contributed by atoms with van der Waals surface area (Å²) in [5, 5.41) is 13.2. The molecule has 0 atom stereocenters. The number of hydrogen-bond donors (Lipinski definition) is 1. The molecule has 1 fully saturated rings. The van der Waals surface area contributed by atoms with E-state index in [0.717, 1.165) is 52.4 Å². The van der Waals surface area contributed by atoms with Crippen LogP contribution in [0.1, 0.15) is 37.1 Å². The number of nitrogens with zero attached hydrogens (tertiary/aromatic N) is 7. The molecule has 4 aromatic heterocycles. The minimum atomic E-state index is 0.442. The normalized spacial score (nSPS) is 19.8. The Morgan fingerprint density at radius 3 is 2.85 bits per heavy atom. The largest absolute Gasteiger partial charge is 0.323 e. The maximum Gasteiger partial charge on any atom is 0.229 e. The van der Waals surface area contributed by atoms with Gasteiger partial charge in [-0.3, -0.25) is 0 Å². The first kappa shape index (κ1) is 15.2. The van der Waals surface area contributed by atoms with Gasteiger partial charge in [0, 0.05) is 6.20 Å². The van der Waals surface area contributed by atoms with Crippen LogP contribution in [0.5, 0.6) is 0 Å². The number of fused-ring (bicyclic) bond motifs is 2. The Balaban J connectivity index is 1.54. The van der Waals surface area contributed by atoms with Crippen LogP contribution in [0.2, 0.25) is 0 Å². The van der Waals surface area contributed by atoms with Crippen molar-refractivity contribution in [1.29, 1.82) is 0 Å². The van der Waals surface area contributed by atoms with E-state index in [1.807, 2.05) is 32.3 Å². The molecule has 0 amide bonds. The van der Waals surface area contributed by atoms with E-state index in [-0.39, 0.29) is 0 Å². The summed E-state index contributed by atoms with van der Waals surface area (Å²) in [6, 6.07) is 2.43. The Hall–Kier alpha value is -3.03. The maximum absolute atomic E-state index is 4.76. The predicted molar refractivity (Wildman–Crippen MR) is 98.5 cm³/mol. The Morgan fingerprint density at radius 1 is 1.19 bits per heavy atom. The Labute approximate surface area is 150 Å². The van der Waals surface area contributed by atoms with Crippen LogP contribution < -0.4 is 5.32 Å². The van der Waals surface area contributed by atoms with Gasteiger partial charge in [0.1, 0.15) is 6.33 Å². The average molecular weight is 348 g/mol. The first-order valence-corrected chi connectivity index (χ1v) is 8.87. The summed E-state index contributed by atoms with van der Waals surface area (Å²) >= 11 is 0. The van der Waals surface area contributed by atoms with Crippen molar-refractivity contribution in [3.05, 3.63) is 36.0 Å². The highest BCUT2D eigenvalue weighted by Crippen LogP contribution is 2.38. The maximum atomic E-state index is 4.76. The average Bonchev–Trinajstić information content (AvgIpc) is 3.16. The van der Waals surface area contributed by atoms with Gasteiger partial charge in [-0.05, 0) is 44.2 Å². The molecule has 0 aromatic carbocycles. The van der Waals surface area contributed by atoms with Crippen molar-refractivity contribution < 1.29 is 0 Å². The van der Waals surface area contributed by atoms with Gasteiger partial charge in [-0.2, -0.15) is 15.2 Å². The Kier molecular flexibility index (Phi) is 3.22. The Bertz CT molecular complexity index is 1120. The van der Waals surface area contributed by atoms with Crippen LogP contribution in [0.25, 0.3) is 16.7 Å². The first-order valence-electron chi connectivity index (χ1n) is 8.87. The first-order chi connectivity index (χ1) is 12.6. The second kappa shape index (κ2) is 5.48. The third kappa shape index (κ3) is 2.33. The standard InChI is InChI=1S/C18H20N8/c1-10-4-13(5-10)26-17-14(12(3)24-26)7-19-18(23-17)22-15-8-25-16(6-11(15)2)20-9-21-25/h6-10,13H,4-5H2,1-3H3,(H,19,22,23)/t10-,13-. The molecule has 132 valence electrons. The topological polar surface area (TPSA) is 85.8 Å². The predicted octanol–water partition coefficient (Wildman–Crippen LogP) is 3.20. The van der Waals surface area contributed by atoms with E-state index in [2.05, 4.69) is 32.0 Å². The number of aryl methyl sites for hydroxylation is 2. The molecule has 1 aliphatic carbocycles. The van der Waals surface area contributed by atoms with E-state index < -0.39 is 0 Å². The molecule has 0 bridgehead atoms. The van der Waals surface area contributed by atoms with E-state index in [0.29, 0.717) is 12.0 Å². The lowest BCUT2D eigenvalue weighted by atomic mass is 9.82. The molecule has 1 N–H and O–H groups in total. The molecule has 4 aromatic rings. The van der Waals surface area contributed by atoms with Crippen LogP contribution in [-0.2, 0) is 0 Å². The molecule has 0 aliphatic heterocycles. The number of anilines is 2. The van der Waals surface area contributed by atoms with Crippen molar-refractivity contribution in [1.82, 2.24) is 34.3 Å². The molecule has 0 unspecified atom stereocenters. The highest BCUT2D eigenvalue weighted by molar-refractivity contribution is 5.79. The van der Waals surface area contributed by atoms with Crippen LogP contribution in [-0.4, -0.2) is 34.3 Å². The van der Waals surface area contributed by atoms with E-state index in [1.54, 1.807) is 10.8 Å². The number of rotatable bonds is 3. The zero-order chi connectivity index (χ0) is 17.8. The molecule has 0 saturated heterocycles. The van der Waals surface area contributed by atoms with Crippen molar-refractivity contribution in [3.63, 3.8) is 0 Å². The lowest BCUT2D eigenvalue weighted by Gasteiger charge is -2.32. The molecular weight excluding hydrogens is 328 g/mol. The summed E-state index contributed by atoms with van der Waals surface area (Å²) in [5.41, 5.74) is 4.66. The number of pyridine rings is 1. The minimum Gasteiger partial charge on any atom is -0.323 e. The van der Waals surface area contributed by atoms with E-state index in [4.69, 9.17) is 10.1 Å². The van der Waals surface area contributed by atoms with Gasteiger partial charge >= 0.3 is 0 Å². The molecule has 26 heavy (non-hydrogen) atoms. The molecule has 1 saturated carbocycles. The number of aromatic nitrogens is 7. The Morgan fingerprint density at radius 2 is 2.04 bits per heavy atom. The van der Waals surface area contributed by atoms with Crippen molar-refractivity contribution in [2.75, 3.05) is 5.32 Å². The van der Waals surface area contributed by atoms with Crippen molar-refractivity contribution in [3.8, 4) is 0 Å². The van der Waals surface area contributed by atoms with Gasteiger partial charge in [-0.25, -0.2) is 19.2 Å². The van der Waals surface area contributed by atoms with Gasteiger partial charge in [0.15, 0.2) is 11.3 Å². The molecule has 4 heterocycles. The summed E-state index contributed by atoms with van der Waals surface area (Å²) < 4.78 is 3.81. The highest BCUT2D eigenvalue weighted by atomic mass is 15.3. The lowest BCUT2D eigenvalue weighted by Crippen LogP contribution is -2.25. The van der Waals surface area contributed by atoms with E-state index in [1.165, 1.54) is 0 Å². The van der Waals surface area contributed by atoms with Crippen LogP contribution in [0.15, 0.2) is 24.8 Å². The monoisotopic (exact) mass is 348 g/mol. The number of nitrogens with one attached hydrogen (secondary N) is 1. The molecule has 8 nitrogen and oxygen atoms in total. The highest BCUT2D eigenvalue weighted by Gasteiger charge is 2.29. The molecule has 0 radical (unpaired) electrons. The molecular formula is C18H20N8. The number of hydrogen-bond acceptors (Lipinski definition) is 6. The van der Waals surface area contributed by atoms with Gasteiger partial charge < -0.3 is 5.32 Å².